The Kier molecular flexibility index (Phi) is 4.13. The van der Waals surface area contributed by atoms with Crippen LogP contribution in [0.15, 0.2) is 58.6 Å². The molecule has 0 saturated carbocycles. The van der Waals surface area contributed by atoms with E-state index in [-0.39, 0.29) is 29.7 Å². The normalized spacial score (nSPS) is 10.9. The summed E-state index contributed by atoms with van der Waals surface area (Å²) in [4.78, 5) is 18.9. The van der Waals surface area contributed by atoms with Crippen LogP contribution in [0.1, 0.15) is 5.56 Å². The lowest BCUT2D eigenvalue weighted by atomic mass is 10.2. The first-order chi connectivity index (χ1) is 13.2. The van der Waals surface area contributed by atoms with Gasteiger partial charge in [0.2, 0.25) is 5.82 Å². The molecule has 0 aliphatic heterocycles. The van der Waals surface area contributed by atoms with Crippen LogP contribution < -0.4 is 5.73 Å². The Morgan fingerprint density at radius 3 is 2.81 bits per heavy atom. The number of hydrogen-bond acceptors (Lipinski definition) is 8. The standard InChI is InChI=1S/C17H12FN7O2/c18-11-4-2-1-3-10(11)9-25-15(13-5-6-27-24-13)7-14(22-25)17-20-8-12(19)16(21-17)23-26/h1-8H,9,19H2. The number of rotatable bonds is 5. The van der Waals surface area contributed by atoms with Gasteiger partial charge >= 0.3 is 0 Å². The number of nitrogens with two attached hydrogens (primary N) is 1. The first-order valence-electron chi connectivity index (χ1n) is 7.84. The van der Waals surface area contributed by atoms with Gasteiger partial charge in [-0.15, -0.1) is 4.91 Å². The molecule has 2 N–H and O–H groups in total. The fourth-order valence-electron chi connectivity index (χ4n) is 2.56. The molecular weight excluding hydrogens is 353 g/mol. The lowest BCUT2D eigenvalue weighted by Gasteiger charge is -2.06. The molecule has 0 spiro atoms. The van der Waals surface area contributed by atoms with E-state index >= 15 is 0 Å². The predicted octanol–water partition coefficient (Wildman–Crippen LogP) is 3.16. The highest BCUT2D eigenvalue weighted by Gasteiger charge is 2.17. The van der Waals surface area contributed by atoms with Crippen LogP contribution in [0.25, 0.3) is 22.9 Å². The minimum atomic E-state index is -0.350. The van der Waals surface area contributed by atoms with Crippen LogP contribution in [-0.2, 0) is 6.54 Å². The zero-order valence-electron chi connectivity index (χ0n) is 13.8. The van der Waals surface area contributed by atoms with E-state index in [0.29, 0.717) is 22.6 Å². The maximum atomic E-state index is 14.1. The van der Waals surface area contributed by atoms with E-state index in [1.807, 2.05) is 0 Å². The van der Waals surface area contributed by atoms with Crippen molar-refractivity contribution >= 4 is 11.5 Å². The van der Waals surface area contributed by atoms with E-state index < -0.39 is 0 Å². The van der Waals surface area contributed by atoms with Gasteiger partial charge < -0.3 is 10.3 Å². The lowest BCUT2D eigenvalue weighted by Crippen LogP contribution is -2.06. The molecule has 0 aliphatic rings. The summed E-state index contributed by atoms with van der Waals surface area (Å²) in [5, 5.41) is 11.1. The van der Waals surface area contributed by atoms with Gasteiger partial charge in [-0.2, -0.15) is 5.10 Å². The molecular formula is C17H12FN7O2. The van der Waals surface area contributed by atoms with Crippen LogP contribution >= 0.6 is 0 Å². The number of aromatic nitrogens is 5. The second-order valence-electron chi connectivity index (χ2n) is 5.61. The van der Waals surface area contributed by atoms with Crippen molar-refractivity contribution in [1.82, 2.24) is 24.9 Å². The molecule has 0 bridgehead atoms. The highest BCUT2D eigenvalue weighted by molar-refractivity contribution is 5.65. The molecule has 3 heterocycles. The zero-order chi connectivity index (χ0) is 18.8. The van der Waals surface area contributed by atoms with Gasteiger partial charge in [-0.05, 0) is 17.3 Å². The van der Waals surface area contributed by atoms with Crippen molar-refractivity contribution in [2.75, 3.05) is 5.73 Å². The van der Waals surface area contributed by atoms with E-state index in [1.165, 1.54) is 18.5 Å². The van der Waals surface area contributed by atoms with E-state index in [2.05, 4.69) is 25.4 Å². The smallest absolute Gasteiger partial charge is 0.223 e. The van der Waals surface area contributed by atoms with E-state index in [1.54, 1.807) is 35.0 Å². The van der Waals surface area contributed by atoms with Crippen molar-refractivity contribution < 1.29 is 8.91 Å². The summed E-state index contributed by atoms with van der Waals surface area (Å²) in [6.07, 6.45) is 2.70. The third-order valence-electron chi connectivity index (χ3n) is 3.87. The summed E-state index contributed by atoms with van der Waals surface area (Å²) < 4.78 is 20.5. The maximum absolute atomic E-state index is 14.1. The molecule has 0 aliphatic carbocycles. The fourth-order valence-corrected chi connectivity index (χ4v) is 2.56. The molecule has 4 rings (SSSR count). The first kappa shape index (κ1) is 16.5. The van der Waals surface area contributed by atoms with Gasteiger partial charge in [0.1, 0.15) is 23.5 Å². The van der Waals surface area contributed by atoms with Gasteiger partial charge in [0.25, 0.3) is 0 Å². The van der Waals surface area contributed by atoms with Crippen LogP contribution in [0, 0.1) is 10.7 Å². The third kappa shape index (κ3) is 3.15. The lowest BCUT2D eigenvalue weighted by molar-refractivity contribution is 0.421. The van der Waals surface area contributed by atoms with Crippen molar-refractivity contribution in [3.05, 3.63) is 65.1 Å². The molecule has 0 radical (unpaired) electrons. The molecule has 0 atom stereocenters. The quantitative estimate of drug-likeness (QED) is 0.538. The molecule has 134 valence electrons. The number of nitrogen functional groups attached to an aromatic ring is 1. The molecule has 1 aromatic carbocycles. The predicted molar refractivity (Wildman–Crippen MR) is 94.1 cm³/mol. The molecule has 0 amide bonds. The Labute approximate surface area is 151 Å². The third-order valence-corrected chi connectivity index (χ3v) is 3.87. The molecule has 0 saturated heterocycles. The van der Waals surface area contributed by atoms with Crippen LogP contribution in [0.3, 0.4) is 0 Å². The Balaban J connectivity index is 1.81. The zero-order valence-corrected chi connectivity index (χ0v) is 13.8. The average molecular weight is 365 g/mol. The van der Waals surface area contributed by atoms with Crippen molar-refractivity contribution in [3.8, 4) is 22.9 Å². The topological polar surface area (TPSA) is 125 Å². The largest absolute Gasteiger partial charge is 0.394 e. The maximum Gasteiger partial charge on any atom is 0.223 e. The van der Waals surface area contributed by atoms with Gasteiger partial charge in [0, 0.05) is 11.6 Å². The molecule has 0 fully saturated rings. The molecule has 4 aromatic rings. The Bertz CT molecular complexity index is 1110. The summed E-state index contributed by atoms with van der Waals surface area (Å²) in [6.45, 7) is 0.155. The average Bonchev–Trinajstić information content (AvgIpc) is 3.34. The van der Waals surface area contributed by atoms with Crippen LogP contribution in [0.2, 0.25) is 0 Å². The minimum Gasteiger partial charge on any atom is -0.394 e. The number of nitroso groups, excluding NO2 is 1. The Morgan fingerprint density at radius 1 is 1.22 bits per heavy atom. The van der Waals surface area contributed by atoms with E-state index in [9.17, 15) is 9.30 Å². The molecule has 27 heavy (non-hydrogen) atoms. The van der Waals surface area contributed by atoms with E-state index in [4.69, 9.17) is 10.3 Å². The second kappa shape index (κ2) is 6.75. The second-order valence-corrected chi connectivity index (χ2v) is 5.61. The summed E-state index contributed by atoms with van der Waals surface area (Å²) in [7, 11) is 0. The molecule has 3 aromatic heterocycles. The highest BCUT2D eigenvalue weighted by Crippen LogP contribution is 2.27. The number of halogens is 1. The Hall–Kier alpha value is -3.95. The minimum absolute atomic E-state index is 0.0660. The first-order valence-corrected chi connectivity index (χ1v) is 7.84. The van der Waals surface area contributed by atoms with Crippen molar-refractivity contribution in [3.63, 3.8) is 0 Å². The number of anilines is 1. The highest BCUT2D eigenvalue weighted by atomic mass is 19.1. The van der Waals surface area contributed by atoms with Crippen LogP contribution in [-0.4, -0.2) is 24.9 Å². The van der Waals surface area contributed by atoms with Gasteiger partial charge in [-0.3, -0.25) is 4.68 Å². The van der Waals surface area contributed by atoms with E-state index in [0.717, 1.165) is 0 Å². The fraction of sp³-hybridized carbons (Fsp3) is 0.0588. The van der Waals surface area contributed by atoms with Crippen LogP contribution in [0.5, 0.6) is 0 Å². The van der Waals surface area contributed by atoms with Crippen molar-refractivity contribution in [2.45, 2.75) is 6.54 Å². The summed E-state index contributed by atoms with van der Waals surface area (Å²) >= 11 is 0. The van der Waals surface area contributed by atoms with Gasteiger partial charge in [0.15, 0.2) is 5.82 Å². The van der Waals surface area contributed by atoms with Crippen molar-refractivity contribution in [1.29, 1.82) is 0 Å². The number of hydrogen-bond donors (Lipinski definition) is 1. The summed E-state index contributed by atoms with van der Waals surface area (Å²) in [6, 6.07) is 9.71. The molecule has 9 nitrogen and oxygen atoms in total. The molecule has 0 unspecified atom stereocenters. The SMILES string of the molecule is Nc1cnc(-c2cc(-c3ccon3)n(Cc3ccccc3F)n2)nc1N=O. The van der Waals surface area contributed by atoms with Gasteiger partial charge in [0.05, 0.1) is 24.1 Å². The number of nitrogens with zero attached hydrogens (tertiary/aromatic N) is 6. The van der Waals surface area contributed by atoms with Gasteiger partial charge in [-0.1, -0.05) is 23.4 Å². The van der Waals surface area contributed by atoms with Crippen LogP contribution in [0.4, 0.5) is 15.9 Å². The van der Waals surface area contributed by atoms with Crippen molar-refractivity contribution in [2.24, 2.45) is 5.18 Å². The Morgan fingerprint density at radius 2 is 2.07 bits per heavy atom. The summed E-state index contributed by atoms with van der Waals surface area (Å²) in [5.41, 5.74) is 7.55. The monoisotopic (exact) mass is 365 g/mol. The summed E-state index contributed by atoms with van der Waals surface area (Å²) in [5.74, 6) is -0.362. The molecule has 10 heteroatoms. The number of benzene rings is 1. The van der Waals surface area contributed by atoms with Gasteiger partial charge in [-0.25, -0.2) is 14.4 Å².